The molecule has 0 aliphatic heterocycles. The summed E-state index contributed by atoms with van der Waals surface area (Å²) in [5.41, 5.74) is -1.99. The molecule has 0 atom stereocenters. The lowest BCUT2D eigenvalue weighted by molar-refractivity contribution is -0.0964. The number of hydrogen-bond donors (Lipinski definition) is 2. The Hall–Kier alpha value is -3.17. The van der Waals surface area contributed by atoms with Crippen molar-refractivity contribution in [1.82, 2.24) is 14.9 Å². The van der Waals surface area contributed by atoms with Gasteiger partial charge in [-0.1, -0.05) is 11.6 Å². The highest BCUT2D eigenvalue weighted by atomic mass is 35.5. The molecule has 0 bridgehead atoms. The number of amides is 2. The lowest BCUT2D eigenvalue weighted by Gasteiger charge is -2.11. The van der Waals surface area contributed by atoms with Crippen molar-refractivity contribution >= 4 is 40.7 Å². The Morgan fingerprint density at radius 3 is 2.45 bits per heavy atom. The Bertz CT molecular complexity index is 1110. The highest BCUT2D eigenvalue weighted by Gasteiger charge is 2.27. The van der Waals surface area contributed by atoms with Gasteiger partial charge in [-0.25, -0.2) is 4.98 Å². The Morgan fingerprint density at radius 2 is 1.84 bits per heavy atom. The van der Waals surface area contributed by atoms with E-state index < -0.39 is 11.5 Å². The number of hydrogen-bond acceptors (Lipinski definition) is 4. The molecule has 0 spiro atoms. The van der Waals surface area contributed by atoms with Gasteiger partial charge in [0.15, 0.2) is 0 Å². The third kappa shape index (κ3) is 5.71. The first kappa shape index (κ1) is 22.5. The van der Waals surface area contributed by atoms with Crippen LogP contribution in [-0.2, 0) is 0 Å². The molecule has 2 heterocycles. The largest absolute Gasteiger partial charge is 0.487 e. The zero-order chi connectivity index (χ0) is 22.8. The maximum atomic E-state index is 12.7. The third-order valence-electron chi connectivity index (χ3n) is 4.06. The molecule has 2 N–H and O–H groups in total. The fourth-order valence-electron chi connectivity index (χ4n) is 2.62. The predicted molar refractivity (Wildman–Crippen MR) is 113 cm³/mol. The molecule has 2 amide bonds. The second-order valence-corrected chi connectivity index (χ2v) is 7.37. The Balaban J connectivity index is 1.78. The molecule has 3 aromatic rings. The van der Waals surface area contributed by atoms with Crippen LogP contribution in [0.3, 0.4) is 0 Å². The van der Waals surface area contributed by atoms with Crippen LogP contribution in [-0.4, -0.2) is 46.3 Å². The number of H-pyrrole nitrogens is 1. The van der Waals surface area contributed by atoms with Crippen LogP contribution >= 0.6 is 23.2 Å². The molecule has 0 unspecified atom stereocenters. The van der Waals surface area contributed by atoms with E-state index in [1.54, 1.807) is 26.2 Å². The predicted octanol–water partition coefficient (Wildman–Crippen LogP) is 4.85. The van der Waals surface area contributed by atoms with Crippen LogP contribution in [0.5, 0.6) is 5.75 Å². The molecule has 0 aliphatic rings. The summed E-state index contributed by atoms with van der Waals surface area (Å²) in [4.78, 5) is 33.1. The van der Waals surface area contributed by atoms with Gasteiger partial charge in [0.2, 0.25) is 0 Å². The number of carbonyl (C=O) groups excluding carboxylic acids is 2. The number of halogens is 4. The summed E-state index contributed by atoms with van der Waals surface area (Å²) in [5, 5.41) is 2.76. The van der Waals surface area contributed by atoms with Crippen LogP contribution in [0.2, 0.25) is 5.15 Å². The van der Waals surface area contributed by atoms with Gasteiger partial charge in [0.1, 0.15) is 16.6 Å². The highest BCUT2D eigenvalue weighted by molar-refractivity contribution is 6.32. The number of ether oxygens (including phenoxy) is 1. The van der Waals surface area contributed by atoms with Crippen LogP contribution in [0.1, 0.15) is 20.8 Å². The third-order valence-corrected chi connectivity index (χ3v) is 4.44. The maximum absolute atomic E-state index is 12.7. The van der Waals surface area contributed by atoms with E-state index in [9.17, 15) is 18.4 Å². The van der Waals surface area contributed by atoms with E-state index in [0.717, 1.165) is 0 Å². The zero-order valence-electron chi connectivity index (χ0n) is 16.2. The number of rotatable bonds is 6. The van der Waals surface area contributed by atoms with E-state index in [4.69, 9.17) is 23.2 Å². The summed E-state index contributed by atoms with van der Waals surface area (Å²) in [7, 11) is 3.25. The topological polar surface area (TPSA) is 87.3 Å². The van der Waals surface area contributed by atoms with E-state index in [1.807, 2.05) is 0 Å². The van der Waals surface area contributed by atoms with Gasteiger partial charge in [-0.2, -0.15) is 0 Å². The first-order valence-electron chi connectivity index (χ1n) is 8.77. The van der Waals surface area contributed by atoms with E-state index in [1.165, 1.54) is 41.4 Å². The monoisotopic (exact) mass is 468 g/mol. The number of carbonyl (C=O) groups is 2. The van der Waals surface area contributed by atoms with Gasteiger partial charge in [-0.3, -0.25) is 9.59 Å². The average Bonchev–Trinajstić information content (AvgIpc) is 3.17. The first-order chi connectivity index (χ1) is 14.5. The minimum Gasteiger partial charge on any atom is -0.420 e. The fraction of sp³-hybridized carbons (Fsp3) is 0.150. The summed E-state index contributed by atoms with van der Waals surface area (Å²) in [6.45, 7) is 0. The maximum Gasteiger partial charge on any atom is 0.487 e. The average molecular weight is 469 g/mol. The molecule has 3 rings (SSSR count). The van der Waals surface area contributed by atoms with Crippen molar-refractivity contribution in [2.75, 3.05) is 19.4 Å². The van der Waals surface area contributed by atoms with Crippen LogP contribution in [0.4, 0.5) is 14.5 Å². The molecule has 11 heteroatoms. The Morgan fingerprint density at radius 1 is 1.16 bits per heavy atom. The van der Waals surface area contributed by atoms with Crippen molar-refractivity contribution in [3.63, 3.8) is 0 Å². The Kier molecular flexibility index (Phi) is 6.47. The van der Waals surface area contributed by atoms with E-state index in [0.29, 0.717) is 22.6 Å². The minimum atomic E-state index is -3.83. The number of anilines is 1. The number of nitrogens with one attached hydrogen (secondary N) is 2. The molecule has 31 heavy (non-hydrogen) atoms. The zero-order valence-corrected chi connectivity index (χ0v) is 17.8. The molecule has 2 aromatic heterocycles. The minimum absolute atomic E-state index is 0.144. The molecule has 0 saturated carbocycles. The summed E-state index contributed by atoms with van der Waals surface area (Å²) >= 11 is 10.9. The number of pyridine rings is 1. The van der Waals surface area contributed by atoms with Crippen molar-refractivity contribution in [2.24, 2.45) is 0 Å². The quantitative estimate of drug-likeness (QED) is 0.399. The smallest absolute Gasteiger partial charge is 0.420 e. The fourth-order valence-corrected chi connectivity index (χ4v) is 2.92. The van der Waals surface area contributed by atoms with Crippen LogP contribution in [0.25, 0.3) is 11.3 Å². The number of alkyl halides is 3. The molecule has 0 aliphatic carbocycles. The van der Waals surface area contributed by atoms with Crippen molar-refractivity contribution in [2.45, 2.75) is 5.57 Å². The molecule has 0 radical (unpaired) electrons. The van der Waals surface area contributed by atoms with Crippen LogP contribution in [0.15, 0.2) is 48.7 Å². The number of nitrogens with zero attached hydrogens (tertiary/aromatic N) is 2. The normalized spacial score (nSPS) is 11.2. The molecule has 7 nitrogen and oxygen atoms in total. The van der Waals surface area contributed by atoms with E-state index in [-0.39, 0.29) is 22.4 Å². The van der Waals surface area contributed by atoms with Gasteiger partial charge in [-0.15, -0.1) is 8.78 Å². The molecule has 1 aromatic carbocycles. The van der Waals surface area contributed by atoms with Crippen molar-refractivity contribution in [1.29, 1.82) is 0 Å². The second kappa shape index (κ2) is 8.91. The first-order valence-corrected chi connectivity index (χ1v) is 9.53. The Labute approximate surface area is 185 Å². The standard InChI is InChI=1S/C20H16Cl2F2N4O3/c1-28(2)19(30)16-8-7-15(27-16)14-9-11(10-25-17(14)21)18(29)26-12-3-5-13(6-4-12)31-20(22,23)24/h3-10,27H,1-2H3,(H,26,29). The number of aromatic nitrogens is 2. The van der Waals surface area contributed by atoms with Crippen molar-refractivity contribution < 1.29 is 23.1 Å². The molecule has 162 valence electrons. The second-order valence-electron chi connectivity index (χ2n) is 6.57. The van der Waals surface area contributed by atoms with Gasteiger partial charge >= 0.3 is 5.57 Å². The number of benzene rings is 1. The van der Waals surface area contributed by atoms with Gasteiger partial charge in [-0.05, 0) is 42.5 Å². The van der Waals surface area contributed by atoms with Crippen LogP contribution in [0, 0.1) is 0 Å². The van der Waals surface area contributed by atoms with Gasteiger partial charge in [0.05, 0.1) is 5.56 Å². The van der Waals surface area contributed by atoms with Gasteiger partial charge < -0.3 is 19.9 Å². The molecule has 0 saturated heterocycles. The number of aromatic amines is 1. The highest BCUT2D eigenvalue weighted by Crippen LogP contribution is 2.28. The van der Waals surface area contributed by atoms with Crippen LogP contribution < -0.4 is 10.1 Å². The van der Waals surface area contributed by atoms with Crippen molar-refractivity contribution in [3.05, 3.63) is 65.1 Å². The lowest BCUT2D eigenvalue weighted by atomic mass is 10.1. The summed E-state index contributed by atoms with van der Waals surface area (Å²) in [5.74, 6) is -0.884. The van der Waals surface area contributed by atoms with E-state index >= 15 is 0 Å². The van der Waals surface area contributed by atoms with Gasteiger partial charge in [0.25, 0.3) is 11.8 Å². The lowest BCUT2D eigenvalue weighted by Crippen LogP contribution is -2.21. The molecule has 0 fully saturated rings. The summed E-state index contributed by atoms with van der Waals surface area (Å²) in [6.07, 6.45) is 1.29. The molecular weight excluding hydrogens is 453 g/mol. The van der Waals surface area contributed by atoms with Crippen molar-refractivity contribution in [3.8, 4) is 17.0 Å². The van der Waals surface area contributed by atoms with Gasteiger partial charge in [0, 0.05) is 48.8 Å². The SMILES string of the molecule is CN(C)C(=O)c1ccc(-c2cc(C(=O)Nc3ccc(OC(F)(F)Cl)cc3)cnc2Cl)[nH]1. The van der Waals surface area contributed by atoms with E-state index in [2.05, 4.69) is 20.0 Å². The summed E-state index contributed by atoms with van der Waals surface area (Å²) < 4.78 is 29.6. The molecular formula is C20H16Cl2F2N4O3. The summed E-state index contributed by atoms with van der Waals surface area (Å²) in [6, 6.07) is 10.0.